The van der Waals surface area contributed by atoms with E-state index in [1.54, 1.807) is 0 Å². The lowest BCUT2D eigenvalue weighted by Gasteiger charge is -2.23. The van der Waals surface area contributed by atoms with E-state index in [2.05, 4.69) is 192 Å². The topological polar surface area (TPSA) is 81.6 Å². The molecule has 0 radical (unpaired) electrons. The van der Waals surface area contributed by atoms with Crippen LogP contribution in [0.4, 0.5) is 0 Å². The SMILES string of the molecule is CCOc1ccc(Cc2ccc(OCC)c(C(c3c[nH]c4ccccc34)c3c[nH]c4ccccc34)c2)cc1C(c1c[nH]c2ccccc12)c1c[nH]c2ccccc12. The standard InChI is InChI=1S/C51H44N4O2/c1-3-56-48-23-21-32(26-38(48)50(40-28-52-44-17-9-5-13-34(40)44)41-29-53-45-18-10-6-14-35(41)45)25-33-22-24-49(57-4-2)39(27-33)51(42-30-54-46-19-11-7-15-36(42)46)43-31-55-47-20-12-8-16-37(43)47/h5-24,26-31,50-55H,3-4,25H2,1-2H3. The minimum absolute atomic E-state index is 0.0807. The number of para-hydroxylation sites is 4. The molecule has 0 unspecified atom stereocenters. The number of nitrogens with one attached hydrogen (secondary N) is 4. The summed E-state index contributed by atoms with van der Waals surface area (Å²) in [5, 5.41) is 4.82. The van der Waals surface area contributed by atoms with Crippen LogP contribution in [-0.4, -0.2) is 33.1 Å². The third-order valence-corrected chi connectivity index (χ3v) is 11.5. The van der Waals surface area contributed by atoms with Gasteiger partial charge in [0.05, 0.1) is 13.2 Å². The van der Waals surface area contributed by atoms with E-state index in [-0.39, 0.29) is 11.8 Å². The minimum Gasteiger partial charge on any atom is -0.494 e. The first-order valence-electron chi connectivity index (χ1n) is 19.9. The van der Waals surface area contributed by atoms with Gasteiger partial charge in [-0.15, -0.1) is 0 Å². The van der Waals surface area contributed by atoms with Crippen molar-refractivity contribution >= 4 is 43.6 Å². The van der Waals surface area contributed by atoms with Crippen molar-refractivity contribution in [1.82, 2.24) is 19.9 Å². The quantitative estimate of drug-likeness (QED) is 0.100. The van der Waals surface area contributed by atoms with Crippen molar-refractivity contribution in [3.63, 3.8) is 0 Å². The van der Waals surface area contributed by atoms with Crippen molar-refractivity contribution in [3.05, 3.63) is 203 Å². The number of fused-ring (bicyclic) bond motifs is 4. The van der Waals surface area contributed by atoms with E-state index in [0.717, 1.165) is 51.1 Å². The van der Waals surface area contributed by atoms with Crippen LogP contribution in [0.1, 0.15) is 70.2 Å². The first kappa shape index (κ1) is 34.6. The van der Waals surface area contributed by atoms with Crippen molar-refractivity contribution in [2.24, 2.45) is 0 Å². The predicted octanol–water partition coefficient (Wildman–Crippen LogP) is 12.4. The molecule has 0 saturated carbocycles. The van der Waals surface area contributed by atoms with Crippen LogP contribution in [0.5, 0.6) is 11.5 Å². The van der Waals surface area contributed by atoms with Gasteiger partial charge in [0.1, 0.15) is 11.5 Å². The average molecular weight is 745 g/mol. The molecule has 6 heteroatoms. The Labute approximate surface area is 331 Å². The molecule has 0 fully saturated rings. The minimum atomic E-state index is -0.0807. The van der Waals surface area contributed by atoms with Gasteiger partial charge in [-0.05, 0) is 90.0 Å². The lowest BCUT2D eigenvalue weighted by atomic mass is 9.82. The number of benzene rings is 6. The van der Waals surface area contributed by atoms with Gasteiger partial charge in [-0.25, -0.2) is 0 Å². The molecule has 10 rings (SSSR count). The molecular weight excluding hydrogens is 701 g/mol. The molecule has 0 spiro atoms. The number of hydrogen-bond donors (Lipinski definition) is 4. The summed E-state index contributed by atoms with van der Waals surface area (Å²) in [5.41, 5.74) is 14.1. The zero-order chi connectivity index (χ0) is 38.3. The number of hydrogen-bond acceptors (Lipinski definition) is 2. The zero-order valence-electron chi connectivity index (χ0n) is 32.1. The van der Waals surface area contributed by atoms with Crippen LogP contribution in [0, 0.1) is 0 Å². The maximum Gasteiger partial charge on any atom is 0.123 e. The maximum atomic E-state index is 6.45. The van der Waals surface area contributed by atoms with E-state index in [0.29, 0.717) is 13.2 Å². The van der Waals surface area contributed by atoms with E-state index in [1.165, 1.54) is 54.9 Å². The van der Waals surface area contributed by atoms with Gasteiger partial charge in [-0.3, -0.25) is 0 Å². The highest BCUT2D eigenvalue weighted by molar-refractivity contribution is 5.91. The summed E-state index contributed by atoms with van der Waals surface area (Å²) in [6, 6.07) is 47.8. The highest BCUT2D eigenvalue weighted by Crippen LogP contribution is 2.45. The lowest BCUT2D eigenvalue weighted by molar-refractivity contribution is 0.336. The van der Waals surface area contributed by atoms with Crippen LogP contribution in [-0.2, 0) is 6.42 Å². The van der Waals surface area contributed by atoms with Gasteiger partial charge >= 0.3 is 0 Å². The van der Waals surface area contributed by atoms with Crippen molar-refractivity contribution < 1.29 is 9.47 Å². The number of aromatic nitrogens is 4. The van der Waals surface area contributed by atoms with Crippen LogP contribution in [0.2, 0.25) is 0 Å². The number of ether oxygens (including phenoxy) is 2. The van der Waals surface area contributed by atoms with E-state index in [1.807, 2.05) is 0 Å². The van der Waals surface area contributed by atoms with Crippen LogP contribution in [0.15, 0.2) is 158 Å². The second kappa shape index (κ2) is 14.6. The van der Waals surface area contributed by atoms with E-state index in [4.69, 9.17) is 9.47 Å². The van der Waals surface area contributed by atoms with Crippen LogP contribution >= 0.6 is 0 Å². The molecule has 57 heavy (non-hydrogen) atoms. The van der Waals surface area contributed by atoms with Crippen LogP contribution in [0.3, 0.4) is 0 Å². The number of aromatic amines is 4. The van der Waals surface area contributed by atoms with E-state index < -0.39 is 0 Å². The third-order valence-electron chi connectivity index (χ3n) is 11.5. The van der Waals surface area contributed by atoms with Crippen LogP contribution < -0.4 is 9.47 Å². The molecule has 4 aromatic heterocycles. The predicted molar refractivity (Wildman–Crippen MR) is 233 cm³/mol. The second-order valence-electron chi connectivity index (χ2n) is 14.8. The van der Waals surface area contributed by atoms with Gasteiger partial charge in [0.25, 0.3) is 0 Å². The molecule has 0 saturated heterocycles. The molecule has 6 nitrogen and oxygen atoms in total. The van der Waals surface area contributed by atoms with Crippen molar-refractivity contribution in [2.45, 2.75) is 32.1 Å². The summed E-state index contributed by atoms with van der Waals surface area (Å²) >= 11 is 0. The maximum absolute atomic E-state index is 6.45. The molecule has 0 atom stereocenters. The summed E-state index contributed by atoms with van der Waals surface area (Å²) < 4.78 is 12.9. The smallest absolute Gasteiger partial charge is 0.123 e. The summed E-state index contributed by atoms with van der Waals surface area (Å²) in [6.07, 6.45) is 9.44. The summed E-state index contributed by atoms with van der Waals surface area (Å²) in [6.45, 7) is 5.27. The Morgan fingerprint density at radius 1 is 0.386 bits per heavy atom. The lowest BCUT2D eigenvalue weighted by Crippen LogP contribution is -2.08. The first-order chi connectivity index (χ1) is 28.2. The Kier molecular flexibility index (Phi) is 8.87. The molecule has 4 heterocycles. The number of H-pyrrole nitrogens is 4. The van der Waals surface area contributed by atoms with Gasteiger partial charge in [0, 0.05) is 91.4 Å². The molecule has 4 N–H and O–H groups in total. The van der Waals surface area contributed by atoms with E-state index >= 15 is 0 Å². The molecule has 0 bridgehead atoms. The third kappa shape index (κ3) is 6.14. The van der Waals surface area contributed by atoms with E-state index in [9.17, 15) is 0 Å². The highest BCUT2D eigenvalue weighted by Gasteiger charge is 2.28. The molecule has 0 aliphatic rings. The fourth-order valence-corrected chi connectivity index (χ4v) is 9.01. The van der Waals surface area contributed by atoms with Gasteiger partial charge in [-0.1, -0.05) is 97.1 Å². The summed E-state index contributed by atoms with van der Waals surface area (Å²) in [5.74, 6) is 1.63. The van der Waals surface area contributed by atoms with Gasteiger partial charge in [0.2, 0.25) is 0 Å². The average Bonchev–Trinajstić information content (AvgIpc) is 4.07. The molecule has 10 aromatic rings. The molecule has 0 amide bonds. The molecule has 6 aromatic carbocycles. The Morgan fingerprint density at radius 3 is 1.02 bits per heavy atom. The highest BCUT2D eigenvalue weighted by atomic mass is 16.5. The van der Waals surface area contributed by atoms with Crippen molar-refractivity contribution in [2.75, 3.05) is 13.2 Å². The molecule has 0 aliphatic carbocycles. The summed E-state index contributed by atoms with van der Waals surface area (Å²) in [4.78, 5) is 14.3. The normalized spacial score (nSPS) is 11.9. The number of rotatable bonds is 12. The molecule has 0 aliphatic heterocycles. The van der Waals surface area contributed by atoms with Crippen molar-refractivity contribution in [1.29, 1.82) is 0 Å². The molecule has 280 valence electrons. The van der Waals surface area contributed by atoms with Gasteiger partial charge < -0.3 is 29.4 Å². The van der Waals surface area contributed by atoms with Crippen molar-refractivity contribution in [3.8, 4) is 11.5 Å². The Morgan fingerprint density at radius 2 is 0.702 bits per heavy atom. The Hall–Kier alpha value is -6.92. The summed E-state index contributed by atoms with van der Waals surface area (Å²) in [7, 11) is 0. The van der Waals surface area contributed by atoms with Gasteiger partial charge in [0.15, 0.2) is 0 Å². The largest absolute Gasteiger partial charge is 0.494 e. The first-order valence-corrected chi connectivity index (χ1v) is 19.9. The zero-order valence-corrected chi connectivity index (χ0v) is 32.1. The molecular formula is C51H44N4O2. The van der Waals surface area contributed by atoms with Crippen LogP contribution in [0.25, 0.3) is 43.6 Å². The monoisotopic (exact) mass is 744 g/mol. The Bertz CT molecular complexity index is 2660. The fourth-order valence-electron chi connectivity index (χ4n) is 9.01. The van der Waals surface area contributed by atoms with Gasteiger partial charge in [-0.2, -0.15) is 0 Å². The second-order valence-corrected chi connectivity index (χ2v) is 14.8. The fraction of sp³-hybridized carbons (Fsp3) is 0.137. The Balaban J connectivity index is 1.13.